The van der Waals surface area contributed by atoms with E-state index in [2.05, 4.69) is 10.6 Å². The summed E-state index contributed by atoms with van der Waals surface area (Å²) in [5.74, 6) is -0.232. The molecule has 5 heteroatoms. The zero-order chi connectivity index (χ0) is 13.1. The van der Waals surface area contributed by atoms with Gasteiger partial charge in [0.05, 0.1) is 0 Å². The molecule has 1 aliphatic heterocycles. The molecule has 2 N–H and O–H groups in total. The molecule has 1 aromatic carbocycles. The lowest BCUT2D eigenvalue weighted by molar-refractivity contribution is -0.124. The number of hydrogen-bond donors (Lipinski definition) is 2. The Labute approximate surface area is 106 Å². The highest BCUT2D eigenvalue weighted by atomic mass is 16.6. The minimum Gasteiger partial charge on any atom is -0.439 e. The van der Waals surface area contributed by atoms with Crippen molar-refractivity contribution in [2.45, 2.75) is 32.0 Å². The van der Waals surface area contributed by atoms with Crippen LogP contribution in [0.25, 0.3) is 0 Å². The van der Waals surface area contributed by atoms with E-state index in [1.165, 1.54) is 0 Å². The summed E-state index contributed by atoms with van der Waals surface area (Å²) in [6.45, 7) is 3.74. The first kappa shape index (κ1) is 12.4. The van der Waals surface area contributed by atoms with Crippen LogP contribution in [0.15, 0.2) is 30.3 Å². The van der Waals surface area contributed by atoms with E-state index in [9.17, 15) is 9.59 Å². The van der Waals surface area contributed by atoms with Crippen LogP contribution in [-0.4, -0.2) is 24.1 Å². The topological polar surface area (TPSA) is 67.4 Å². The maximum absolute atomic E-state index is 12.0. The van der Waals surface area contributed by atoms with E-state index < -0.39 is 18.2 Å². The Hall–Kier alpha value is -2.04. The molecule has 0 bridgehead atoms. The summed E-state index contributed by atoms with van der Waals surface area (Å²) in [6, 6.07) is 8.57. The number of ether oxygens (including phenoxy) is 1. The fourth-order valence-corrected chi connectivity index (χ4v) is 1.90. The molecule has 1 heterocycles. The minimum absolute atomic E-state index is 0.0198. The van der Waals surface area contributed by atoms with Crippen LogP contribution in [0.2, 0.25) is 0 Å². The average molecular weight is 248 g/mol. The molecule has 2 atom stereocenters. The van der Waals surface area contributed by atoms with Crippen molar-refractivity contribution in [2.75, 3.05) is 0 Å². The van der Waals surface area contributed by atoms with Crippen LogP contribution < -0.4 is 10.6 Å². The van der Waals surface area contributed by atoms with Gasteiger partial charge in [-0.15, -0.1) is 0 Å². The molecule has 96 valence electrons. The second kappa shape index (κ2) is 5.08. The largest absolute Gasteiger partial charge is 0.439 e. The number of alkyl carbamates (subject to hydrolysis) is 1. The maximum Gasteiger partial charge on any atom is 0.408 e. The molecule has 5 nitrogen and oxygen atoms in total. The Morgan fingerprint density at radius 2 is 2.00 bits per heavy atom. The minimum atomic E-state index is -0.678. The van der Waals surface area contributed by atoms with Crippen molar-refractivity contribution in [1.29, 1.82) is 0 Å². The summed E-state index contributed by atoms with van der Waals surface area (Å²) in [7, 11) is 0. The van der Waals surface area contributed by atoms with Crippen LogP contribution in [0, 0.1) is 0 Å². The number of hydrogen-bond acceptors (Lipinski definition) is 3. The van der Waals surface area contributed by atoms with Crippen molar-refractivity contribution < 1.29 is 14.3 Å². The van der Waals surface area contributed by atoms with Crippen molar-refractivity contribution >= 4 is 12.0 Å². The van der Waals surface area contributed by atoms with Gasteiger partial charge in [-0.1, -0.05) is 30.3 Å². The SMILES string of the molecule is CC(C)NC(=O)C1NC(=O)OC1c1ccccc1. The summed E-state index contributed by atoms with van der Waals surface area (Å²) in [4.78, 5) is 23.3. The maximum atomic E-state index is 12.0. The number of amides is 2. The van der Waals surface area contributed by atoms with Crippen LogP contribution in [0.1, 0.15) is 25.5 Å². The summed E-state index contributed by atoms with van der Waals surface area (Å²) in [5, 5.41) is 5.31. The first-order valence-corrected chi connectivity index (χ1v) is 5.90. The van der Waals surface area contributed by atoms with Crippen molar-refractivity contribution in [3.63, 3.8) is 0 Å². The predicted octanol–water partition coefficient (Wildman–Crippen LogP) is 1.36. The summed E-state index contributed by atoms with van der Waals surface area (Å²) >= 11 is 0. The monoisotopic (exact) mass is 248 g/mol. The lowest BCUT2D eigenvalue weighted by Gasteiger charge is -2.18. The molecular weight excluding hydrogens is 232 g/mol. The molecule has 0 radical (unpaired) electrons. The fourth-order valence-electron chi connectivity index (χ4n) is 1.90. The summed E-state index contributed by atoms with van der Waals surface area (Å²) in [5.41, 5.74) is 0.805. The standard InChI is InChI=1S/C13H16N2O3/c1-8(2)14-12(16)10-11(18-13(17)15-10)9-6-4-3-5-7-9/h3-8,10-11H,1-2H3,(H,14,16)(H,15,17). The zero-order valence-corrected chi connectivity index (χ0v) is 10.3. The van der Waals surface area contributed by atoms with Crippen LogP contribution in [-0.2, 0) is 9.53 Å². The van der Waals surface area contributed by atoms with Gasteiger partial charge in [-0.25, -0.2) is 4.79 Å². The van der Waals surface area contributed by atoms with E-state index in [0.717, 1.165) is 5.56 Å². The molecule has 2 rings (SSSR count). The molecule has 18 heavy (non-hydrogen) atoms. The van der Waals surface area contributed by atoms with E-state index in [1.54, 1.807) is 0 Å². The van der Waals surface area contributed by atoms with Crippen molar-refractivity contribution in [3.05, 3.63) is 35.9 Å². The quantitative estimate of drug-likeness (QED) is 0.848. The van der Waals surface area contributed by atoms with Gasteiger partial charge in [-0.2, -0.15) is 0 Å². The summed E-state index contributed by atoms with van der Waals surface area (Å²) < 4.78 is 5.15. The number of cyclic esters (lactones) is 1. The molecule has 1 saturated heterocycles. The van der Waals surface area contributed by atoms with E-state index in [0.29, 0.717) is 0 Å². The first-order valence-electron chi connectivity index (χ1n) is 5.90. The van der Waals surface area contributed by atoms with Crippen molar-refractivity contribution in [2.24, 2.45) is 0 Å². The highest BCUT2D eigenvalue weighted by Gasteiger charge is 2.40. The lowest BCUT2D eigenvalue weighted by atomic mass is 10.0. The first-order chi connectivity index (χ1) is 8.58. The second-order valence-corrected chi connectivity index (χ2v) is 4.52. The molecule has 1 fully saturated rings. The normalized spacial score (nSPS) is 22.5. The Balaban J connectivity index is 2.18. The predicted molar refractivity (Wildman–Crippen MR) is 65.9 cm³/mol. The lowest BCUT2D eigenvalue weighted by Crippen LogP contribution is -2.46. The van der Waals surface area contributed by atoms with Gasteiger partial charge >= 0.3 is 6.09 Å². The van der Waals surface area contributed by atoms with Gasteiger partial charge < -0.3 is 15.4 Å². The number of benzene rings is 1. The van der Waals surface area contributed by atoms with Gasteiger partial charge in [-0.3, -0.25) is 4.79 Å². The third-order valence-electron chi connectivity index (χ3n) is 2.65. The van der Waals surface area contributed by atoms with E-state index in [4.69, 9.17) is 4.74 Å². The molecule has 0 aromatic heterocycles. The Bertz CT molecular complexity index is 445. The van der Waals surface area contributed by atoms with E-state index in [1.807, 2.05) is 44.2 Å². The van der Waals surface area contributed by atoms with Gasteiger partial charge in [0, 0.05) is 6.04 Å². The van der Waals surface area contributed by atoms with Gasteiger partial charge in [0.15, 0.2) is 12.1 Å². The number of nitrogens with one attached hydrogen (secondary N) is 2. The Kier molecular flexibility index (Phi) is 3.50. The Morgan fingerprint density at radius 1 is 1.33 bits per heavy atom. The fraction of sp³-hybridized carbons (Fsp3) is 0.385. The molecule has 1 aliphatic rings. The molecule has 1 aromatic rings. The number of carbonyl (C=O) groups excluding carboxylic acids is 2. The Morgan fingerprint density at radius 3 is 2.61 bits per heavy atom. The van der Waals surface area contributed by atoms with Crippen molar-refractivity contribution in [3.8, 4) is 0 Å². The third kappa shape index (κ3) is 2.61. The van der Waals surface area contributed by atoms with Gasteiger partial charge in [0.2, 0.25) is 5.91 Å². The molecular formula is C13H16N2O3. The van der Waals surface area contributed by atoms with E-state index in [-0.39, 0.29) is 11.9 Å². The molecule has 0 spiro atoms. The van der Waals surface area contributed by atoms with E-state index >= 15 is 0 Å². The number of carbonyl (C=O) groups is 2. The van der Waals surface area contributed by atoms with Crippen LogP contribution in [0.3, 0.4) is 0 Å². The molecule has 0 aliphatic carbocycles. The molecule has 0 saturated carbocycles. The second-order valence-electron chi connectivity index (χ2n) is 4.52. The highest BCUT2D eigenvalue weighted by molar-refractivity contribution is 5.89. The average Bonchev–Trinajstić information content (AvgIpc) is 2.72. The number of rotatable bonds is 3. The van der Waals surface area contributed by atoms with Crippen molar-refractivity contribution in [1.82, 2.24) is 10.6 Å². The van der Waals surface area contributed by atoms with Crippen LogP contribution in [0.5, 0.6) is 0 Å². The molecule has 2 amide bonds. The smallest absolute Gasteiger partial charge is 0.408 e. The van der Waals surface area contributed by atoms with Crippen LogP contribution in [0.4, 0.5) is 4.79 Å². The summed E-state index contributed by atoms with van der Waals surface area (Å²) in [6.07, 6.45) is -1.13. The van der Waals surface area contributed by atoms with Gasteiger partial charge in [0.25, 0.3) is 0 Å². The van der Waals surface area contributed by atoms with Gasteiger partial charge in [-0.05, 0) is 19.4 Å². The zero-order valence-electron chi connectivity index (χ0n) is 10.3. The highest BCUT2D eigenvalue weighted by Crippen LogP contribution is 2.26. The third-order valence-corrected chi connectivity index (χ3v) is 2.65. The molecule has 2 unspecified atom stereocenters. The van der Waals surface area contributed by atoms with Gasteiger partial charge in [0.1, 0.15) is 0 Å². The van der Waals surface area contributed by atoms with Crippen LogP contribution >= 0.6 is 0 Å².